The van der Waals surface area contributed by atoms with Crippen LogP contribution in [-0.2, 0) is 0 Å². The van der Waals surface area contributed by atoms with Gasteiger partial charge in [-0.1, -0.05) is 24.3 Å². The maximum absolute atomic E-state index is 13.8. The number of aromatic nitrogens is 3. The number of hydrogen-bond acceptors (Lipinski definition) is 6. The highest BCUT2D eigenvalue weighted by atomic mass is 19.1. The predicted molar refractivity (Wildman–Crippen MR) is 103 cm³/mol. The van der Waals surface area contributed by atoms with Gasteiger partial charge in [-0.3, -0.25) is 10.1 Å². The van der Waals surface area contributed by atoms with E-state index in [0.29, 0.717) is 22.5 Å². The van der Waals surface area contributed by atoms with Gasteiger partial charge >= 0.3 is 6.01 Å². The third kappa shape index (κ3) is 3.39. The maximum atomic E-state index is 13.8. The largest absolute Gasteiger partial charge is 0.423 e. The first-order chi connectivity index (χ1) is 13.5. The topological polar surface area (TPSA) is 92.9 Å². The molecular formula is C20H16FN5O2. The summed E-state index contributed by atoms with van der Waals surface area (Å²) < 4.78 is 19.4. The first-order valence-corrected chi connectivity index (χ1v) is 8.55. The van der Waals surface area contributed by atoms with Gasteiger partial charge in [-0.25, -0.2) is 14.4 Å². The summed E-state index contributed by atoms with van der Waals surface area (Å²) in [6, 6.07) is 13.6. The lowest BCUT2D eigenvalue weighted by Gasteiger charge is -2.11. The minimum Gasteiger partial charge on any atom is -0.423 e. The third-order valence-corrected chi connectivity index (χ3v) is 4.13. The molecule has 0 bridgehead atoms. The Labute approximate surface area is 159 Å². The van der Waals surface area contributed by atoms with Gasteiger partial charge in [0.1, 0.15) is 11.3 Å². The van der Waals surface area contributed by atoms with Crippen LogP contribution in [0.4, 0.5) is 22.0 Å². The highest BCUT2D eigenvalue weighted by Gasteiger charge is 2.18. The number of para-hydroxylation sites is 3. The van der Waals surface area contributed by atoms with Crippen molar-refractivity contribution in [1.82, 2.24) is 15.0 Å². The summed E-state index contributed by atoms with van der Waals surface area (Å²) >= 11 is 0. The number of benzene rings is 2. The number of aryl methyl sites for hydroxylation is 2. The summed E-state index contributed by atoms with van der Waals surface area (Å²) in [6.07, 6.45) is 0. The number of carbonyl (C=O) groups excluding carboxylic acids is 1. The van der Waals surface area contributed by atoms with E-state index in [1.807, 2.05) is 18.2 Å². The zero-order valence-electron chi connectivity index (χ0n) is 15.2. The van der Waals surface area contributed by atoms with Crippen LogP contribution >= 0.6 is 0 Å². The Bertz CT molecular complexity index is 1130. The summed E-state index contributed by atoms with van der Waals surface area (Å²) in [7, 11) is 0. The molecule has 0 atom stereocenters. The number of amides is 1. The molecule has 0 saturated carbocycles. The van der Waals surface area contributed by atoms with E-state index in [1.165, 1.54) is 12.1 Å². The van der Waals surface area contributed by atoms with Gasteiger partial charge in [-0.05, 0) is 38.1 Å². The average Bonchev–Trinajstić information content (AvgIpc) is 3.05. The van der Waals surface area contributed by atoms with Crippen molar-refractivity contribution in [3.05, 3.63) is 71.3 Å². The minimum absolute atomic E-state index is 0.0972. The van der Waals surface area contributed by atoms with Crippen LogP contribution in [-0.4, -0.2) is 20.9 Å². The Morgan fingerprint density at radius 1 is 0.964 bits per heavy atom. The number of hydrogen-bond donors (Lipinski definition) is 2. The van der Waals surface area contributed by atoms with Crippen molar-refractivity contribution in [3.8, 4) is 0 Å². The average molecular weight is 377 g/mol. The van der Waals surface area contributed by atoms with Gasteiger partial charge in [-0.15, -0.1) is 0 Å². The van der Waals surface area contributed by atoms with Crippen LogP contribution < -0.4 is 10.6 Å². The second-order valence-electron chi connectivity index (χ2n) is 6.14. The number of nitrogens with one attached hydrogen (secondary N) is 2. The molecule has 2 aromatic heterocycles. The molecule has 8 heteroatoms. The zero-order valence-corrected chi connectivity index (χ0v) is 15.2. The zero-order chi connectivity index (χ0) is 19.7. The van der Waals surface area contributed by atoms with Crippen molar-refractivity contribution in [3.63, 3.8) is 0 Å². The molecule has 0 aliphatic heterocycles. The number of carbonyl (C=O) groups is 1. The number of fused-ring (bicyclic) bond motifs is 1. The van der Waals surface area contributed by atoms with E-state index in [4.69, 9.17) is 4.42 Å². The van der Waals surface area contributed by atoms with E-state index in [0.717, 1.165) is 0 Å². The molecular weight excluding hydrogens is 361 g/mol. The van der Waals surface area contributed by atoms with E-state index in [2.05, 4.69) is 25.6 Å². The van der Waals surface area contributed by atoms with Crippen LogP contribution in [0.15, 0.2) is 52.9 Å². The molecule has 2 heterocycles. The molecule has 140 valence electrons. The fourth-order valence-electron chi connectivity index (χ4n) is 2.87. The minimum atomic E-state index is -0.513. The summed E-state index contributed by atoms with van der Waals surface area (Å²) in [5.41, 5.74) is 2.62. The Morgan fingerprint density at radius 3 is 2.36 bits per heavy atom. The molecule has 0 aliphatic carbocycles. The van der Waals surface area contributed by atoms with Gasteiger partial charge in [0.05, 0.1) is 22.6 Å². The lowest BCUT2D eigenvalue weighted by atomic mass is 10.1. The van der Waals surface area contributed by atoms with Crippen LogP contribution in [0.5, 0.6) is 0 Å². The molecule has 0 unspecified atom stereocenters. The molecule has 0 aliphatic rings. The molecule has 4 rings (SSSR count). The molecule has 2 N–H and O–H groups in total. The smallest absolute Gasteiger partial charge is 0.302 e. The van der Waals surface area contributed by atoms with Gasteiger partial charge in [0.15, 0.2) is 5.58 Å². The molecule has 28 heavy (non-hydrogen) atoms. The molecule has 1 amide bonds. The van der Waals surface area contributed by atoms with Gasteiger partial charge in [0.2, 0.25) is 5.95 Å². The summed E-state index contributed by atoms with van der Waals surface area (Å²) in [5, 5.41) is 5.46. The SMILES string of the molecule is Cc1nc(Nc2nc3ccccc3o2)nc(C)c1C(=O)Nc1ccccc1F. The fraction of sp³-hybridized carbons (Fsp3) is 0.100. The fourth-order valence-corrected chi connectivity index (χ4v) is 2.87. The lowest BCUT2D eigenvalue weighted by molar-refractivity contribution is 0.102. The highest BCUT2D eigenvalue weighted by molar-refractivity contribution is 6.05. The van der Waals surface area contributed by atoms with Crippen LogP contribution in [0, 0.1) is 19.7 Å². The summed E-state index contributed by atoms with van der Waals surface area (Å²) in [4.78, 5) is 25.5. The predicted octanol–water partition coefficient (Wildman–Crippen LogP) is 4.37. The summed E-state index contributed by atoms with van der Waals surface area (Å²) in [6.45, 7) is 3.37. The van der Waals surface area contributed by atoms with Crippen molar-refractivity contribution in [2.75, 3.05) is 10.6 Å². The van der Waals surface area contributed by atoms with Crippen LogP contribution in [0.2, 0.25) is 0 Å². The molecule has 0 radical (unpaired) electrons. The number of halogens is 1. The summed E-state index contributed by atoms with van der Waals surface area (Å²) in [5.74, 6) is -0.737. The van der Waals surface area contributed by atoms with E-state index in [1.54, 1.807) is 32.0 Å². The molecule has 0 fully saturated rings. The van der Waals surface area contributed by atoms with Crippen LogP contribution in [0.25, 0.3) is 11.1 Å². The standard InChI is InChI=1S/C20H16FN5O2/c1-11-17(18(27)24-14-8-4-3-7-13(14)21)12(2)23-19(22-11)26-20-25-15-9-5-6-10-16(15)28-20/h3-10H,1-2H3,(H,24,27)(H,22,23,25,26). The van der Waals surface area contributed by atoms with Crippen LogP contribution in [0.1, 0.15) is 21.7 Å². The van der Waals surface area contributed by atoms with E-state index in [-0.39, 0.29) is 23.2 Å². The Balaban J connectivity index is 1.59. The van der Waals surface area contributed by atoms with Crippen molar-refractivity contribution in [2.45, 2.75) is 13.8 Å². The van der Waals surface area contributed by atoms with Gasteiger partial charge < -0.3 is 9.73 Å². The number of oxazole rings is 1. The first-order valence-electron chi connectivity index (χ1n) is 8.55. The quantitative estimate of drug-likeness (QED) is 0.549. The van der Waals surface area contributed by atoms with Crippen molar-refractivity contribution < 1.29 is 13.6 Å². The number of nitrogens with zero attached hydrogens (tertiary/aromatic N) is 3. The van der Waals surface area contributed by atoms with Gasteiger partial charge in [0.25, 0.3) is 5.91 Å². The molecule has 2 aromatic carbocycles. The van der Waals surface area contributed by atoms with Crippen molar-refractivity contribution >= 4 is 34.7 Å². The van der Waals surface area contributed by atoms with E-state index in [9.17, 15) is 9.18 Å². The Morgan fingerprint density at radius 2 is 1.64 bits per heavy atom. The van der Waals surface area contributed by atoms with Crippen LogP contribution in [0.3, 0.4) is 0 Å². The Hall–Kier alpha value is -3.81. The number of anilines is 3. The van der Waals surface area contributed by atoms with Gasteiger partial charge in [0, 0.05) is 0 Å². The lowest BCUT2D eigenvalue weighted by Crippen LogP contribution is -2.18. The normalized spacial score (nSPS) is 10.8. The number of rotatable bonds is 4. The molecule has 7 nitrogen and oxygen atoms in total. The monoisotopic (exact) mass is 377 g/mol. The maximum Gasteiger partial charge on any atom is 0.302 e. The van der Waals surface area contributed by atoms with E-state index < -0.39 is 11.7 Å². The molecule has 4 aromatic rings. The molecule has 0 saturated heterocycles. The van der Waals surface area contributed by atoms with Crippen molar-refractivity contribution in [1.29, 1.82) is 0 Å². The van der Waals surface area contributed by atoms with Crippen molar-refractivity contribution in [2.24, 2.45) is 0 Å². The second kappa shape index (κ2) is 7.07. The third-order valence-electron chi connectivity index (χ3n) is 4.13. The van der Waals surface area contributed by atoms with Gasteiger partial charge in [-0.2, -0.15) is 4.98 Å². The molecule has 0 spiro atoms. The second-order valence-corrected chi connectivity index (χ2v) is 6.14. The van der Waals surface area contributed by atoms with E-state index >= 15 is 0 Å². The first kappa shape index (κ1) is 17.6. The highest BCUT2D eigenvalue weighted by Crippen LogP contribution is 2.22. The Kier molecular flexibility index (Phi) is 4.44.